The van der Waals surface area contributed by atoms with Gasteiger partial charge in [-0.1, -0.05) is 24.3 Å². The van der Waals surface area contributed by atoms with E-state index in [1.54, 1.807) is 0 Å². The maximum Gasteiger partial charge on any atom is 0.0982 e. The van der Waals surface area contributed by atoms with Gasteiger partial charge in [0, 0.05) is 36.8 Å². The Morgan fingerprint density at radius 1 is 1.06 bits per heavy atom. The lowest BCUT2D eigenvalue weighted by Gasteiger charge is -2.27. The molecule has 0 unspecified atom stereocenters. The zero-order valence-corrected chi connectivity index (χ0v) is 12.0. The molecule has 2 nitrogen and oxygen atoms in total. The average Bonchev–Trinajstić information content (AvgIpc) is 3.11. The molecule has 0 bridgehead atoms. The zero-order chi connectivity index (χ0) is 12.4. The average molecular weight is 278 g/mol. The Bertz CT molecular complexity index is 428. The van der Waals surface area contributed by atoms with Gasteiger partial charge < -0.3 is 10.6 Å². The summed E-state index contributed by atoms with van der Waals surface area (Å²) in [6.07, 6.45) is 4.44. The van der Waals surface area contributed by atoms with Crippen molar-refractivity contribution in [3.63, 3.8) is 0 Å². The number of rotatable bonds is 3. The molecule has 2 heterocycles. The topological polar surface area (TPSA) is 29.3 Å². The molecule has 1 aromatic carbocycles. The lowest BCUT2D eigenvalue weighted by atomic mass is 10.1. The van der Waals surface area contributed by atoms with Crippen LogP contribution in [0.3, 0.4) is 0 Å². The van der Waals surface area contributed by atoms with E-state index < -0.39 is 0 Å². The van der Waals surface area contributed by atoms with E-state index in [1.165, 1.54) is 22.8 Å². The molecule has 18 heavy (non-hydrogen) atoms. The van der Waals surface area contributed by atoms with Gasteiger partial charge in [0.2, 0.25) is 0 Å². The van der Waals surface area contributed by atoms with Crippen molar-refractivity contribution in [2.75, 3.05) is 36.0 Å². The molecule has 3 rings (SSSR count). The van der Waals surface area contributed by atoms with Gasteiger partial charge in [0.25, 0.3) is 0 Å². The first kappa shape index (κ1) is 12.5. The minimum atomic E-state index is 0.0990. The standard InChI is InChI=1S/C14H18N2S2/c15-11-14(17-9-10-18-14)12-3-5-13(6-4-12)16-7-1-2-8-16/h1-6H,7-11,15H2. The van der Waals surface area contributed by atoms with E-state index in [-0.39, 0.29) is 4.08 Å². The molecule has 96 valence electrons. The van der Waals surface area contributed by atoms with Gasteiger partial charge in [-0.25, -0.2) is 0 Å². The van der Waals surface area contributed by atoms with E-state index >= 15 is 0 Å². The Balaban J connectivity index is 1.81. The van der Waals surface area contributed by atoms with Gasteiger partial charge in [-0.2, -0.15) is 0 Å². The zero-order valence-electron chi connectivity index (χ0n) is 10.3. The van der Waals surface area contributed by atoms with Crippen LogP contribution in [0.1, 0.15) is 5.56 Å². The first-order valence-corrected chi connectivity index (χ1v) is 8.30. The number of hydrogen-bond acceptors (Lipinski definition) is 4. The first-order valence-electron chi connectivity index (χ1n) is 6.32. The van der Waals surface area contributed by atoms with E-state index in [0.29, 0.717) is 6.54 Å². The molecule has 1 saturated heterocycles. The highest BCUT2D eigenvalue weighted by molar-refractivity contribution is 8.20. The van der Waals surface area contributed by atoms with Crippen LogP contribution >= 0.6 is 23.5 Å². The molecular weight excluding hydrogens is 260 g/mol. The van der Waals surface area contributed by atoms with Crippen molar-refractivity contribution < 1.29 is 0 Å². The van der Waals surface area contributed by atoms with Crippen molar-refractivity contribution in [2.45, 2.75) is 4.08 Å². The van der Waals surface area contributed by atoms with Crippen molar-refractivity contribution in [2.24, 2.45) is 5.73 Å². The highest BCUT2D eigenvalue weighted by Gasteiger charge is 2.36. The van der Waals surface area contributed by atoms with Gasteiger partial charge in [-0.15, -0.1) is 23.5 Å². The Morgan fingerprint density at radius 2 is 1.67 bits per heavy atom. The van der Waals surface area contributed by atoms with Gasteiger partial charge in [0.1, 0.15) is 0 Å². The Labute approximate surface area is 117 Å². The summed E-state index contributed by atoms with van der Waals surface area (Å²) in [4.78, 5) is 2.37. The van der Waals surface area contributed by atoms with Crippen molar-refractivity contribution in [1.29, 1.82) is 0 Å². The lowest BCUT2D eigenvalue weighted by Crippen LogP contribution is -2.26. The summed E-state index contributed by atoms with van der Waals surface area (Å²) in [5, 5.41) is 0. The van der Waals surface area contributed by atoms with Gasteiger partial charge in [-0.3, -0.25) is 0 Å². The second-order valence-corrected chi connectivity index (χ2v) is 7.62. The quantitative estimate of drug-likeness (QED) is 0.861. The van der Waals surface area contributed by atoms with Crippen LogP contribution in [0.4, 0.5) is 5.69 Å². The summed E-state index contributed by atoms with van der Waals surface area (Å²) in [6.45, 7) is 2.78. The van der Waals surface area contributed by atoms with Crippen LogP contribution in [0.15, 0.2) is 36.4 Å². The van der Waals surface area contributed by atoms with Crippen LogP contribution < -0.4 is 10.6 Å². The SMILES string of the molecule is NCC1(c2ccc(N3CC=CC3)cc2)SCCS1. The lowest BCUT2D eigenvalue weighted by molar-refractivity contribution is 0.884. The van der Waals surface area contributed by atoms with Crippen molar-refractivity contribution in [1.82, 2.24) is 0 Å². The van der Waals surface area contributed by atoms with E-state index in [1.807, 2.05) is 23.5 Å². The molecule has 1 aromatic rings. The summed E-state index contributed by atoms with van der Waals surface area (Å²) in [5.41, 5.74) is 8.68. The van der Waals surface area contributed by atoms with E-state index in [2.05, 4.69) is 41.3 Å². The number of thioether (sulfide) groups is 2. The second kappa shape index (κ2) is 5.19. The first-order chi connectivity index (χ1) is 8.84. The van der Waals surface area contributed by atoms with E-state index in [4.69, 9.17) is 5.73 Å². The molecule has 0 radical (unpaired) electrons. The Hall–Kier alpha value is -0.580. The largest absolute Gasteiger partial charge is 0.364 e. The predicted molar refractivity (Wildman–Crippen MR) is 83.4 cm³/mol. The van der Waals surface area contributed by atoms with Crippen LogP contribution in [0.25, 0.3) is 0 Å². The van der Waals surface area contributed by atoms with Crippen LogP contribution in [0.5, 0.6) is 0 Å². The monoisotopic (exact) mass is 278 g/mol. The third-order valence-corrected chi connectivity index (χ3v) is 7.03. The molecule has 0 spiro atoms. The highest BCUT2D eigenvalue weighted by Crippen LogP contribution is 2.51. The Kier molecular flexibility index (Phi) is 3.59. The number of nitrogens with zero attached hydrogens (tertiary/aromatic N) is 1. The van der Waals surface area contributed by atoms with Crippen LogP contribution in [-0.4, -0.2) is 31.1 Å². The van der Waals surface area contributed by atoms with Gasteiger partial charge >= 0.3 is 0 Å². The maximum atomic E-state index is 6.00. The summed E-state index contributed by atoms with van der Waals surface area (Å²) in [5.74, 6) is 2.42. The molecule has 2 aliphatic heterocycles. The molecule has 4 heteroatoms. The molecule has 2 aliphatic rings. The predicted octanol–water partition coefficient (Wildman–Crippen LogP) is 2.65. The van der Waals surface area contributed by atoms with Crippen LogP contribution in [0.2, 0.25) is 0 Å². The van der Waals surface area contributed by atoms with Crippen molar-refractivity contribution in [3.8, 4) is 0 Å². The molecule has 1 fully saturated rings. The van der Waals surface area contributed by atoms with Crippen LogP contribution in [-0.2, 0) is 4.08 Å². The molecule has 2 N–H and O–H groups in total. The summed E-state index contributed by atoms with van der Waals surface area (Å²) < 4.78 is 0.0990. The third-order valence-electron chi connectivity index (χ3n) is 3.51. The molecule has 0 aliphatic carbocycles. The van der Waals surface area contributed by atoms with E-state index in [0.717, 1.165) is 13.1 Å². The molecule has 0 saturated carbocycles. The Morgan fingerprint density at radius 3 is 2.22 bits per heavy atom. The molecular formula is C14H18N2S2. The fourth-order valence-electron chi connectivity index (χ4n) is 2.47. The van der Waals surface area contributed by atoms with Crippen molar-refractivity contribution in [3.05, 3.63) is 42.0 Å². The second-order valence-electron chi connectivity index (χ2n) is 4.58. The van der Waals surface area contributed by atoms with Gasteiger partial charge in [-0.05, 0) is 17.7 Å². The summed E-state index contributed by atoms with van der Waals surface area (Å²) in [6, 6.07) is 8.98. The third kappa shape index (κ3) is 2.17. The number of anilines is 1. The van der Waals surface area contributed by atoms with Gasteiger partial charge in [0.15, 0.2) is 0 Å². The molecule has 0 amide bonds. The summed E-state index contributed by atoms with van der Waals surface area (Å²) >= 11 is 3.99. The van der Waals surface area contributed by atoms with E-state index in [9.17, 15) is 0 Å². The highest BCUT2D eigenvalue weighted by atomic mass is 32.2. The number of benzene rings is 1. The minimum Gasteiger partial charge on any atom is -0.364 e. The normalized spacial score (nSPS) is 21.7. The van der Waals surface area contributed by atoms with Gasteiger partial charge in [0.05, 0.1) is 4.08 Å². The summed E-state index contributed by atoms with van der Waals surface area (Å²) in [7, 11) is 0. The fourth-order valence-corrected chi connectivity index (χ4v) is 5.47. The molecule has 0 aromatic heterocycles. The van der Waals surface area contributed by atoms with Crippen LogP contribution in [0, 0.1) is 0 Å². The number of hydrogen-bond donors (Lipinski definition) is 1. The minimum absolute atomic E-state index is 0.0990. The number of nitrogens with two attached hydrogens (primary N) is 1. The maximum absolute atomic E-state index is 6.00. The van der Waals surface area contributed by atoms with Crippen molar-refractivity contribution >= 4 is 29.2 Å². The molecule has 0 atom stereocenters. The smallest absolute Gasteiger partial charge is 0.0982 e. The fraction of sp³-hybridized carbons (Fsp3) is 0.429.